The molecule has 3 heteroatoms. The van der Waals surface area contributed by atoms with Crippen molar-refractivity contribution in [2.24, 2.45) is 5.92 Å². The number of hydrogen-bond acceptors (Lipinski definition) is 2. The van der Waals surface area contributed by atoms with Gasteiger partial charge in [-0.25, -0.2) is 4.98 Å². The van der Waals surface area contributed by atoms with Gasteiger partial charge >= 0.3 is 0 Å². The largest absolute Gasteiger partial charge is 0.306 e. The maximum atomic E-state index is 5.87. The molecular formula is C12H17ClN2. The van der Waals surface area contributed by atoms with Crippen LogP contribution >= 0.6 is 11.6 Å². The van der Waals surface area contributed by atoms with E-state index in [9.17, 15) is 0 Å². The molecule has 0 spiro atoms. The van der Waals surface area contributed by atoms with Gasteiger partial charge < -0.3 is 4.90 Å². The Bertz CT molecular complexity index is 319. The van der Waals surface area contributed by atoms with E-state index in [1.54, 1.807) is 0 Å². The molecule has 1 aromatic heterocycles. The molecular weight excluding hydrogens is 208 g/mol. The molecule has 0 aromatic carbocycles. The first-order chi connectivity index (χ1) is 7.24. The Hall–Kier alpha value is -0.600. The average molecular weight is 225 g/mol. The van der Waals surface area contributed by atoms with Gasteiger partial charge in [0.25, 0.3) is 0 Å². The number of hydrogen-bond donors (Lipinski definition) is 0. The Morgan fingerprint density at radius 2 is 2.13 bits per heavy atom. The highest BCUT2D eigenvalue weighted by Crippen LogP contribution is 2.20. The van der Waals surface area contributed by atoms with Crippen LogP contribution in [0.15, 0.2) is 18.2 Å². The molecule has 0 N–H and O–H groups in total. The quantitative estimate of drug-likeness (QED) is 0.718. The second-order valence-corrected chi connectivity index (χ2v) is 4.79. The van der Waals surface area contributed by atoms with Gasteiger partial charge in [-0.15, -0.1) is 0 Å². The summed E-state index contributed by atoms with van der Waals surface area (Å²) in [5, 5.41) is 0.612. The normalized spacial score (nSPS) is 19.3. The van der Waals surface area contributed by atoms with E-state index >= 15 is 0 Å². The minimum absolute atomic E-state index is 0.612. The van der Waals surface area contributed by atoms with E-state index in [1.165, 1.54) is 25.9 Å². The van der Waals surface area contributed by atoms with Gasteiger partial charge in [-0.05, 0) is 57.5 Å². The smallest absolute Gasteiger partial charge is 0.129 e. The van der Waals surface area contributed by atoms with Crippen LogP contribution in [0.1, 0.15) is 18.5 Å². The lowest BCUT2D eigenvalue weighted by Gasteiger charge is -2.28. The number of likely N-dealkylation sites (tertiary alicyclic amines) is 1. The van der Waals surface area contributed by atoms with Crippen molar-refractivity contribution < 1.29 is 0 Å². The molecule has 0 amide bonds. The Morgan fingerprint density at radius 3 is 2.80 bits per heavy atom. The van der Waals surface area contributed by atoms with E-state index in [0.29, 0.717) is 5.15 Å². The van der Waals surface area contributed by atoms with Crippen molar-refractivity contribution in [1.82, 2.24) is 9.88 Å². The highest BCUT2D eigenvalue weighted by atomic mass is 35.5. The molecule has 2 rings (SSSR count). The second kappa shape index (κ2) is 4.95. The lowest BCUT2D eigenvalue weighted by molar-refractivity contribution is 0.218. The van der Waals surface area contributed by atoms with Crippen molar-refractivity contribution in [3.05, 3.63) is 29.0 Å². The molecule has 1 aliphatic rings. The minimum atomic E-state index is 0.612. The summed E-state index contributed by atoms with van der Waals surface area (Å²) in [5.41, 5.74) is 1.14. The Labute approximate surface area is 96.3 Å². The molecule has 0 unspecified atom stereocenters. The molecule has 2 nitrogen and oxygen atoms in total. The van der Waals surface area contributed by atoms with Gasteiger partial charge in [-0.3, -0.25) is 0 Å². The number of nitrogens with zero attached hydrogens (tertiary/aromatic N) is 2. The first kappa shape index (κ1) is 10.9. The summed E-state index contributed by atoms with van der Waals surface area (Å²) in [7, 11) is 2.19. The average Bonchev–Trinajstić information content (AvgIpc) is 2.22. The van der Waals surface area contributed by atoms with Crippen molar-refractivity contribution in [1.29, 1.82) is 0 Å². The van der Waals surface area contributed by atoms with Crippen LogP contribution in [0.3, 0.4) is 0 Å². The molecule has 82 valence electrons. The van der Waals surface area contributed by atoms with E-state index in [-0.39, 0.29) is 0 Å². The third-order valence-electron chi connectivity index (χ3n) is 3.11. The minimum Gasteiger partial charge on any atom is -0.306 e. The molecule has 0 bridgehead atoms. The van der Waals surface area contributed by atoms with E-state index in [1.807, 2.05) is 12.1 Å². The van der Waals surface area contributed by atoms with Crippen LogP contribution in [-0.4, -0.2) is 30.0 Å². The Balaban J connectivity index is 1.92. The van der Waals surface area contributed by atoms with Crippen molar-refractivity contribution in [3.8, 4) is 0 Å². The fourth-order valence-electron chi connectivity index (χ4n) is 2.13. The summed E-state index contributed by atoms with van der Waals surface area (Å²) in [6.45, 7) is 2.43. The first-order valence-corrected chi connectivity index (χ1v) is 5.92. The topological polar surface area (TPSA) is 16.1 Å². The highest BCUT2D eigenvalue weighted by Gasteiger charge is 2.17. The van der Waals surface area contributed by atoms with Crippen LogP contribution in [-0.2, 0) is 6.42 Å². The number of piperidine rings is 1. The van der Waals surface area contributed by atoms with Gasteiger partial charge in [-0.1, -0.05) is 17.7 Å². The molecule has 0 aliphatic carbocycles. The molecule has 1 fully saturated rings. The van der Waals surface area contributed by atoms with E-state index in [0.717, 1.165) is 18.0 Å². The molecule has 1 saturated heterocycles. The lowest BCUT2D eigenvalue weighted by Crippen LogP contribution is -2.31. The highest BCUT2D eigenvalue weighted by molar-refractivity contribution is 6.29. The van der Waals surface area contributed by atoms with Crippen LogP contribution in [0, 0.1) is 5.92 Å². The molecule has 0 saturated carbocycles. The van der Waals surface area contributed by atoms with Crippen LogP contribution in [0.2, 0.25) is 5.15 Å². The number of aromatic nitrogens is 1. The van der Waals surface area contributed by atoms with Gasteiger partial charge in [0.2, 0.25) is 0 Å². The van der Waals surface area contributed by atoms with Gasteiger partial charge in [0.05, 0.1) is 0 Å². The van der Waals surface area contributed by atoms with E-state index in [4.69, 9.17) is 11.6 Å². The Kier molecular flexibility index (Phi) is 3.60. The maximum absolute atomic E-state index is 5.87. The zero-order valence-corrected chi connectivity index (χ0v) is 9.87. The molecule has 1 aromatic rings. The van der Waals surface area contributed by atoms with Crippen LogP contribution in [0.5, 0.6) is 0 Å². The number of pyridine rings is 1. The number of halogens is 1. The van der Waals surface area contributed by atoms with Gasteiger partial charge in [-0.2, -0.15) is 0 Å². The first-order valence-electron chi connectivity index (χ1n) is 5.54. The molecule has 1 aliphatic heterocycles. The molecule has 2 heterocycles. The van der Waals surface area contributed by atoms with Gasteiger partial charge in [0.1, 0.15) is 5.15 Å². The maximum Gasteiger partial charge on any atom is 0.129 e. The molecule has 15 heavy (non-hydrogen) atoms. The summed E-state index contributed by atoms with van der Waals surface area (Å²) < 4.78 is 0. The fraction of sp³-hybridized carbons (Fsp3) is 0.583. The second-order valence-electron chi connectivity index (χ2n) is 4.40. The molecule has 0 atom stereocenters. The standard InChI is InChI=1S/C12H17ClN2/c1-15-7-5-10(6-8-15)9-11-3-2-4-12(13)14-11/h2-4,10H,5-9H2,1H3. The van der Waals surface area contributed by atoms with Crippen LogP contribution in [0.4, 0.5) is 0 Å². The van der Waals surface area contributed by atoms with Crippen LogP contribution in [0.25, 0.3) is 0 Å². The van der Waals surface area contributed by atoms with Crippen molar-refractivity contribution in [2.75, 3.05) is 20.1 Å². The summed E-state index contributed by atoms with van der Waals surface area (Å²) >= 11 is 5.87. The Morgan fingerprint density at radius 1 is 1.40 bits per heavy atom. The lowest BCUT2D eigenvalue weighted by atomic mass is 9.92. The SMILES string of the molecule is CN1CCC(Cc2cccc(Cl)n2)CC1. The third-order valence-corrected chi connectivity index (χ3v) is 3.32. The van der Waals surface area contributed by atoms with Gasteiger partial charge in [0, 0.05) is 5.69 Å². The summed E-state index contributed by atoms with van der Waals surface area (Å²) in [6.07, 6.45) is 3.64. The van der Waals surface area contributed by atoms with E-state index in [2.05, 4.69) is 23.0 Å². The third kappa shape index (κ3) is 3.18. The summed E-state index contributed by atoms with van der Waals surface area (Å²) in [4.78, 5) is 6.73. The monoisotopic (exact) mass is 224 g/mol. The molecule has 0 radical (unpaired) electrons. The number of rotatable bonds is 2. The predicted molar refractivity (Wildman–Crippen MR) is 63.2 cm³/mol. The van der Waals surface area contributed by atoms with Crippen molar-refractivity contribution in [2.45, 2.75) is 19.3 Å². The van der Waals surface area contributed by atoms with Crippen molar-refractivity contribution in [3.63, 3.8) is 0 Å². The van der Waals surface area contributed by atoms with Crippen LogP contribution < -0.4 is 0 Å². The predicted octanol–water partition coefficient (Wildman–Crippen LogP) is 2.62. The zero-order valence-electron chi connectivity index (χ0n) is 9.12. The summed E-state index contributed by atoms with van der Waals surface area (Å²) in [5.74, 6) is 0.784. The van der Waals surface area contributed by atoms with E-state index < -0.39 is 0 Å². The zero-order chi connectivity index (χ0) is 10.7. The van der Waals surface area contributed by atoms with Gasteiger partial charge in [0.15, 0.2) is 0 Å². The van der Waals surface area contributed by atoms with Crippen molar-refractivity contribution >= 4 is 11.6 Å². The fourth-order valence-corrected chi connectivity index (χ4v) is 2.31. The summed E-state index contributed by atoms with van der Waals surface area (Å²) in [6, 6.07) is 5.89.